The smallest absolute Gasteiger partial charge is 0.180 e. The van der Waals surface area contributed by atoms with E-state index in [2.05, 4.69) is 20.9 Å². The van der Waals surface area contributed by atoms with Gasteiger partial charge in [-0.05, 0) is 27.6 Å². The Hall–Kier alpha value is -1.01. The van der Waals surface area contributed by atoms with E-state index in [9.17, 15) is 8.78 Å². The van der Waals surface area contributed by atoms with Crippen molar-refractivity contribution in [3.63, 3.8) is 0 Å². The largest absolute Gasteiger partial charge is 0.375 e. The van der Waals surface area contributed by atoms with E-state index in [0.717, 1.165) is 16.6 Å². The molecule has 6 heteroatoms. The summed E-state index contributed by atoms with van der Waals surface area (Å²) in [5, 5.41) is 0.464. The van der Waals surface area contributed by atoms with Crippen molar-refractivity contribution in [1.82, 2.24) is 4.98 Å². The van der Waals surface area contributed by atoms with Gasteiger partial charge in [-0.1, -0.05) is 20.8 Å². The number of rotatable bonds is 2. The molecule has 2 aromatic rings. The fourth-order valence-electron chi connectivity index (χ4n) is 1.95. The van der Waals surface area contributed by atoms with Crippen LogP contribution in [0, 0.1) is 11.6 Å². The van der Waals surface area contributed by atoms with Crippen LogP contribution in [-0.2, 0) is 11.8 Å². The molecule has 0 unspecified atom stereocenters. The summed E-state index contributed by atoms with van der Waals surface area (Å²) in [6.07, 6.45) is 0.353. The van der Waals surface area contributed by atoms with Crippen molar-refractivity contribution in [1.29, 1.82) is 0 Å². The molecule has 1 heterocycles. The molecule has 0 saturated carbocycles. The number of anilines is 1. The highest BCUT2D eigenvalue weighted by molar-refractivity contribution is 9.10. The van der Waals surface area contributed by atoms with Gasteiger partial charge in [-0.2, -0.15) is 0 Å². The van der Waals surface area contributed by atoms with Crippen LogP contribution in [0.15, 0.2) is 16.6 Å². The van der Waals surface area contributed by atoms with Crippen molar-refractivity contribution in [3.05, 3.63) is 44.4 Å². The molecule has 1 aromatic carbocycles. The topological polar surface area (TPSA) is 38.9 Å². The highest BCUT2D eigenvalue weighted by Gasteiger charge is 2.23. The average Bonchev–Trinajstić information content (AvgIpc) is 2.67. The van der Waals surface area contributed by atoms with Gasteiger partial charge in [0.15, 0.2) is 5.13 Å². The van der Waals surface area contributed by atoms with Crippen LogP contribution in [0.25, 0.3) is 0 Å². The molecule has 0 bridgehead atoms. The van der Waals surface area contributed by atoms with E-state index >= 15 is 0 Å². The molecule has 0 spiro atoms. The quantitative estimate of drug-likeness (QED) is 0.791. The Morgan fingerprint density at radius 2 is 1.90 bits per heavy atom. The number of hydrogen-bond donors (Lipinski definition) is 1. The minimum atomic E-state index is -0.605. The van der Waals surface area contributed by atoms with Crippen LogP contribution in [0.4, 0.5) is 13.9 Å². The summed E-state index contributed by atoms with van der Waals surface area (Å²) in [5.74, 6) is -1.16. The zero-order chi connectivity index (χ0) is 15.1. The van der Waals surface area contributed by atoms with Crippen molar-refractivity contribution in [2.24, 2.45) is 0 Å². The number of nitrogens with two attached hydrogens (primary N) is 1. The second-order valence-electron chi connectivity index (χ2n) is 5.61. The Kier molecular flexibility index (Phi) is 4.16. The van der Waals surface area contributed by atoms with Crippen molar-refractivity contribution >= 4 is 32.4 Å². The van der Waals surface area contributed by atoms with Crippen molar-refractivity contribution < 1.29 is 8.78 Å². The minimum Gasteiger partial charge on any atom is -0.375 e. The fraction of sp³-hybridized carbons (Fsp3) is 0.357. The van der Waals surface area contributed by atoms with Crippen LogP contribution in [-0.4, -0.2) is 4.98 Å². The molecular formula is C14H15BrF2N2S. The normalized spacial score (nSPS) is 11.9. The standard InChI is InChI=1S/C14H15BrF2N2S/c1-14(2,3)12-11(20-13(18)19-12)5-7-4-8(15)10(17)6-9(7)16/h4,6H,5H2,1-3H3,(H2,18,19). The third-order valence-electron chi connectivity index (χ3n) is 2.86. The molecule has 0 aliphatic rings. The average molecular weight is 361 g/mol. The SMILES string of the molecule is CC(C)(C)c1nc(N)sc1Cc1cc(Br)c(F)cc1F. The van der Waals surface area contributed by atoms with E-state index < -0.39 is 11.6 Å². The molecule has 0 atom stereocenters. The van der Waals surface area contributed by atoms with Gasteiger partial charge in [0.25, 0.3) is 0 Å². The number of benzene rings is 1. The zero-order valence-corrected chi connectivity index (χ0v) is 13.8. The molecule has 0 saturated heterocycles. The first-order valence-electron chi connectivity index (χ1n) is 6.07. The van der Waals surface area contributed by atoms with Gasteiger partial charge in [-0.15, -0.1) is 11.3 Å². The van der Waals surface area contributed by atoms with E-state index in [1.165, 1.54) is 17.4 Å². The Labute approximate surface area is 129 Å². The fourth-order valence-corrected chi connectivity index (χ4v) is 3.40. The Bertz CT molecular complexity index is 647. The maximum absolute atomic E-state index is 13.8. The molecule has 2 N–H and O–H groups in total. The van der Waals surface area contributed by atoms with E-state index in [4.69, 9.17) is 5.73 Å². The van der Waals surface area contributed by atoms with Crippen LogP contribution in [0.1, 0.15) is 36.9 Å². The first-order chi connectivity index (χ1) is 9.18. The molecule has 108 valence electrons. The van der Waals surface area contributed by atoms with Gasteiger partial charge in [-0.25, -0.2) is 13.8 Å². The summed E-state index contributed by atoms with van der Waals surface area (Å²) >= 11 is 4.42. The molecule has 0 aliphatic heterocycles. The maximum Gasteiger partial charge on any atom is 0.180 e. The predicted molar refractivity (Wildman–Crippen MR) is 82.1 cm³/mol. The number of nitrogen functional groups attached to an aromatic ring is 1. The number of thiazole rings is 1. The molecule has 2 rings (SSSR count). The Morgan fingerprint density at radius 1 is 1.25 bits per heavy atom. The summed E-state index contributed by atoms with van der Waals surface area (Å²) in [6, 6.07) is 2.35. The van der Waals surface area contributed by atoms with Gasteiger partial charge in [0, 0.05) is 22.8 Å². The van der Waals surface area contributed by atoms with Crippen LogP contribution in [0.3, 0.4) is 0 Å². The first-order valence-corrected chi connectivity index (χ1v) is 7.68. The molecule has 1 aromatic heterocycles. The lowest BCUT2D eigenvalue weighted by atomic mass is 9.90. The predicted octanol–water partition coefficient (Wildman–Crippen LogP) is 4.65. The van der Waals surface area contributed by atoms with Gasteiger partial charge in [0.1, 0.15) is 11.6 Å². The zero-order valence-electron chi connectivity index (χ0n) is 11.4. The van der Waals surface area contributed by atoms with Gasteiger partial charge < -0.3 is 5.73 Å². The summed E-state index contributed by atoms with van der Waals surface area (Å²) in [6.45, 7) is 6.09. The molecule has 0 amide bonds. The molecule has 0 aliphatic carbocycles. The van der Waals surface area contributed by atoms with Crippen molar-refractivity contribution in [2.75, 3.05) is 5.73 Å². The lowest BCUT2D eigenvalue weighted by Gasteiger charge is -2.17. The van der Waals surface area contributed by atoms with Crippen LogP contribution in [0.2, 0.25) is 0 Å². The van der Waals surface area contributed by atoms with E-state index in [1.807, 2.05) is 20.8 Å². The number of halogens is 3. The monoisotopic (exact) mass is 360 g/mol. The summed E-state index contributed by atoms with van der Waals surface area (Å²) in [5.41, 5.74) is 6.88. The second kappa shape index (κ2) is 5.41. The first kappa shape index (κ1) is 15.4. The summed E-state index contributed by atoms with van der Waals surface area (Å²) in [4.78, 5) is 5.25. The molecule has 0 radical (unpaired) electrons. The second-order valence-corrected chi connectivity index (χ2v) is 7.58. The molecule has 2 nitrogen and oxygen atoms in total. The maximum atomic E-state index is 13.8. The third-order valence-corrected chi connectivity index (χ3v) is 4.36. The summed E-state index contributed by atoms with van der Waals surface area (Å²) in [7, 11) is 0. The highest BCUT2D eigenvalue weighted by atomic mass is 79.9. The van der Waals surface area contributed by atoms with E-state index in [1.54, 1.807) is 0 Å². The minimum absolute atomic E-state index is 0.169. The number of aromatic nitrogens is 1. The van der Waals surface area contributed by atoms with Crippen LogP contribution >= 0.6 is 27.3 Å². The third kappa shape index (κ3) is 3.17. The molecule has 0 fully saturated rings. The summed E-state index contributed by atoms with van der Waals surface area (Å²) < 4.78 is 27.4. The lowest BCUT2D eigenvalue weighted by molar-refractivity contribution is 0.561. The van der Waals surface area contributed by atoms with Crippen molar-refractivity contribution in [2.45, 2.75) is 32.6 Å². The van der Waals surface area contributed by atoms with Gasteiger partial charge in [0.2, 0.25) is 0 Å². The van der Waals surface area contributed by atoms with Gasteiger partial charge in [0.05, 0.1) is 10.2 Å². The van der Waals surface area contributed by atoms with E-state index in [-0.39, 0.29) is 9.89 Å². The Balaban J connectivity index is 2.43. The number of hydrogen-bond acceptors (Lipinski definition) is 3. The molecule has 20 heavy (non-hydrogen) atoms. The Morgan fingerprint density at radius 3 is 2.50 bits per heavy atom. The van der Waals surface area contributed by atoms with Crippen LogP contribution < -0.4 is 5.73 Å². The van der Waals surface area contributed by atoms with E-state index in [0.29, 0.717) is 17.1 Å². The highest BCUT2D eigenvalue weighted by Crippen LogP contribution is 2.33. The number of nitrogens with zero attached hydrogens (tertiary/aromatic N) is 1. The van der Waals surface area contributed by atoms with Crippen LogP contribution in [0.5, 0.6) is 0 Å². The van der Waals surface area contributed by atoms with Gasteiger partial charge >= 0.3 is 0 Å². The molecular weight excluding hydrogens is 346 g/mol. The van der Waals surface area contributed by atoms with Gasteiger partial charge in [-0.3, -0.25) is 0 Å². The lowest BCUT2D eigenvalue weighted by Crippen LogP contribution is -2.14. The van der Waals surface area contributed by atoms with Crippen molar-refractivity contribution in [3.8, 4) is 0 Å².